The van der Waals surface area contributed by atoms with Gasteiger partial charge in [0, 0.05) is 63.0 Å². The van der Waals surface area contributed by atoms with Gasteiger partial charge in [0.2, 0.25) is 11.8 Å². The fourth-order valence-corrected chi connectivity index (χ4v) is 7.47. The lowest BCUT2D eigenvalue weighted by atomic mass is 9.82. The number of alkyl halides is 3. The molecule has 2 aliphatic carbocycles. The molecule has 1 aromatic rings. The number of aliphatic hydroxyl groups is 1. The zero-order valence-corrected chi connectivity index (χ0v) is 30.5. The number of halogens is 3. The van der Waals surface area contributed by atoms with Crippen molar-refractivity contribution in [3.8, 4) is 12.3 Å². The summed E-state index contributed by atoms with van der Waals surface area (Å²) < 4.78 is 38.3. The number of carbonyl (C=O) groups excluding carboxylic acids is 3. The standard InChI is InChI=1S/C38H55F3N4O4S/c1-4-5-16-35(47)33(22-29-14-10-7-11-15-29)43-37(49)30(23-32-25-50-27-42-32)17-18-34(46)31(21-28-12-8-6-9-13-28)24-36(48)45(3)20-19-44(2)26-38(39,40)41/h1,6,8,12,25,27,29-31,33,35,47H,5,7,9-11,13-24,26H2,2-3H3,(H,43,49)/t30-,31+,33?,35-/m0/s1. The summed E-state index contributed by atoms with van der Waals surface area (Å²) in [5.41, 5.74) is 3.52. The van der Waals surface area contributed by atoms with E-state index in [4.69, 9.17) is 6.42 Å². The second kappa shape index (κ2) is 21.4. The number of allylic oxidation sites excluding steroid dienone is 4. The Hall–Kier alpha value is -3.01. The number of terminal acetylenes is 1. The molecule has 8 nitrogen and oxygen atoms in total. The highest BCUT2D eigenvalue weighted by atomic mass is 32.1. The van der Waals surface area contributed by atoms with Crippen molar-refractivity contribution in [3.63, 3.8) is 0 Å². The number of aromatic nitrogens is 1. The van der Waals surface area contributed by atoms with Crippen molar-refractivity contribution in [2.75, 3.05) is 33.7 Å². The van der Waals surface area contributed by atoms with Gasteiger partial charge in [0.05, 0.1) is 29.9 Å². The molecule has 1 heterocycles. The van der Waals surface area contributed by atoms with Gasteiger partial charge in [-0.2, -0.15) is 13.2 Å². The van der Waals surface area contributed by atoms with Gasteiger partial charge in [0.1, 0.15) is 5.78 Å². The third kappa shape index (κ3) is 15.5. The largest absolute Gasteiger partial charge is 0.401 e. The second-order valence-electron chi connectivity index (χ2n) is 14.1. The molecule has 12 heteroatoms. The molecule has 0 aromatic carbocycles. The highest BCUT2D eigenvalue weighted by Gasteiger charge is 2.32. The summed E-state index contributed by atoms with van der Waals surface area (Å²) in [6.45, 7) is -0.926. The molecule has 278 valence electrons. The molecule has 0 saturated heterocycles. The molecule has 0 radical (unpaired) electrons. The molecule has 0 aliphatic heterocycles. The van der Waals surface area contributed by atoms with Gasteiger partial charge < -0.3 is 15.3 Å². The normalized spacial score (nSPS) is 17.8. The Kier molecular flexibility index (Phi) is 17.7. The number of Topliss-reactive ketones (excluding diaryl/α,β-unsaturated/α-hetero) is 1. The minimum absolute atomic E-state index is 0.0445. The molecule has 4 atom stereocenters. The molecule has 1 unspecified atom stereocenters. The molecule has 1 saturated carbocycles. The first-order valence-electron chi connectivity index (χ1n) is 18.0. The van der Waals surface area contributed by atoms with Gasteiger partial charge >= 0.3 is 6.18 Å². The maximum absolute atomic E-state index is 13.9. The molecule has 2 aliphatic rings. The van der Waals surface area contributed by atoms with Gasteiger partial charge in [0.25, 0.3) is 0 Å². The fourth-order valence-electron chi connectivity index (χ4n) is 6.90. The molecular formula is C38H55F3N4O4S. The van der Waals surface area contributed by atoms with Crippen molar-refractivity contribution in [2.45, 2.75) is 115 Å². The van der Waals surface area contributed by atoms with E-state index < -0.39 is 36.7 Å². The Morgan fingerprint density at radius 1 is 1.12 bits per heavy atom. The molecule has 1 fully saturated rings. The van der Waals surface area contributed by atoms with Gasteiger partial charge in [-0.25, -0.2) is 4.98 Å². The van der Waals surface area contributed by atoms with Crippen LogP contribution in [0.4, 0.5) is 13.2 Å². The van der Waals surface area contributed by atoms with Crippen LogP contribution in [0.15, 0.2) is 34.7 Å². The van der Waals surface area contributed by atoms with Crippen LogP contribution in [-0.4, -0.2) is 89.5 Å². The first kappa shape index (κ1) is 41.4. The van der Waals surface area contributed by atoms with E-state index >= 15 is 0 Å². The van der Waals surface area contributed by atoms with Gasteiger partial charge in [-0.3, -0.25) is 19.3 Å². The number of amides is 2. The van der Waals surface area contributed by atoms with E-state index in [1.165, 1.54) is 29.7 Å². The van der Waals surface area contributed by atoms with Crippen LogP contribution in [-0.2, 0) is 20.8 Å². The maximum atomic E-state index is 13.9. The first-order valence-corrected chi connectivity index (χ1v) is 18.9. The van der Waals surface area contributed by atoms with Gasteiger partial charge in [-0.05, 0) is 51.5 Å². The molecule has 0 bridgehead atoms. The van der Waals surface area contributed by atoms with E-state index in [2.05, 4.69) is 16.2 Å². The number of rotatable bonds is 21. The Morgan fingerprint density at radius 2 is 1.88 bits per heavy atom. The predicted molar refractivity (Wildman–Crippen MR) is 191 cm³/mol. The van der Waals surface area contributed by atoms with E-state index in [0.29, 0.717) is 38.0 Å². The summed E-state index contributed by atoms with van der Waals surface area (Å²) in [6, 6.07) is -0.449. The minimum Gasteiger partial charge on any atom is -0.391 e. The van der Waals surface area contributed by atoms with Crippen LogP contribution in [0.2, 0.25) is 0 Å². The topological polar surface area (TPSA) is 103 Å². The Morgan fingerprint density at radius 3 is 2.52 bits per heavy atom. The van der Waals surface area contributed by atoms with E-state index in [0.717, 1.165) is 54.7 Å². The van der Waals surface area contributed by atoms with E-state index in [-0.39, 0.29) is 49.9 Å². The number of likely N-dealkylation sites (N-methyl/N-ethyl adjacent to an activating group) is 2. The Balaban J connectivity index is 1.71. The molecular weight excluding hydrogens is 666 g/mol. The number of thiazole rings is 1. The predicted octanol–water partition coefficient (Wildman–Crippen LogP) is 6.51. The summed E-state index contributed by atoms with van der Waals surface area (Å²) in [5, 5.41) is 16.1. The number of carbonyl (C=O) groups is 3. The number of hydrogen-bond acceptors (Lipinski definition) is 7. The average molecular weight is 721 g/mol. The van der Waals surface area contributed by atoms with Gasteiger partial charge in [-0.1, -0.05) is 55.9 Å². The quantitative estimate of drug-likeness (QED) is 0.141. The lowest BCUT2D eigenvalue weighted by Gasteiger charge is -2.31. The van der Waals surface area contributed by atoms with Crippen molar-refractivity contribution >= 4 is 28.9 Å². The summed E-state index contributed by atoms with van der Waals surface area (Å²) >= 11 is 1.43. The van der Waals surface area contributed by atoms with Crippen molar-refractivity contribution < 1.29 is 32.7 Å². The van der Waals surface area contributed by atoms with Crippen LogP contribution in [0.1, 0.15) is 95.6 Å². The molecule has 2 amide bonds. The van der Waals surface area contributed by atoms with E-state index in [9.17, 15) is 32.7 Å². The highest BCUT2D eigenvalue weighted by molar-refractivity contribution is 7.07. The molecule has 1 aromatic heterocycles. The number of nitrogens with one attached hydrogen (secondary N) is 1. The van der Waals surface area contributed by atoms with Crippen molar-refractivity contribution in [3.05, 3.63) is 40.4 Å². The van der Waals surface area contributed by atoms with Crippen LogP contribution in [0, 0.1) is 30.1 Å². The third-order valence-corrected chi connectivity index (χ3v) is 10.6. The average Bonchev–Trinajstić information content (AvgIpc) is 3.60. The molecule has 3 rings (SSSR count). The lowest BCUT2D eigenvalue weighted by molar-refractivity contribution is -0.144. The summed E-state index contributed by atoms with van der Waals surface area (Å²) in [6.07, 6.45) is 16.0. The number of hydrogen-bond donors (Lipinski definition) is 2. The fraction of sp³-hybridized carbons (Fsp3) is 0.684. The monoisotopic (exact) mass is 720 g/mol. The van der Waals surface area contributed by atoms with E-state index in [1.807, 2.05) is 23.6 Å². The van der Waals surface area contributed by atoms with E-state index in [1.54, 1.807) is 12.6 Å². The van der Waals surface area contributed by atoms with Crippen LogP contribution >= 0.6 is 11.3 Å². The molecule has 0 spiro atoms. The maximum Gasteiger partial charge on any atom is 0.401 e. The van der Waals surface area contributed by atoms with Crippen molar-refractivity contribution in [1.29, 1.82) is 0 Å². The zero-order chi connectivity index (χ0) is 36.5. The highest BCUT2D eigenvalue weighted by Crippen LogP contribution is 2.30. The SMILES string of the molecule is C#CCC[C@H](O)C(CC1CCCCC1)NC(=O)[C@@H](CCC(=O)[C@@H](CC(=O)N(C)CCN(C)CC(F)(F)F)CC1=CC=CCC1)Cc1cscn1. The van der Waals surface area contributed by atoms with Crippen LogP contribution in [0.25, 0.3) is 0 Å². The minimum atomic E-state index is -4.33. The Bertz CT molecular complexity index is 1300. The third-order valence-electron chi connectivity index (χ3n) is 9.91. The van der Waals surface area contributed by atoms with Crippen LogP contribution in [0.5, 0.6) is 0 Å². The first-order chi connectivity index (χ1) is 23.8. The summed E-state index contributed by atoms with van der Waals surface area (Å²) in [4.78, 5) is 48.0. The summed E-state index contributed by atoms with van der Waals surface area (Å²) in [5.74, 6) is 1.13. The van der Waals surface area contributed by atoms with Gasteiger partial charge in [-0.15, -0.1) is 23.7 Å². The van der Waals surface area contributed by atoms with Crippen LogP contribution in [0.3, 0.4) is 0 Å². The van der Waals surface area contributed by atoms with Crippen molar-refractivity contribution in [2.24, 2.45) is 17.8 Å². The Labute approximate surface area is 300 Å². The number of ketones is 1. The molecule has 50 heavy (non-hydrogen) atoms. The number of nitrogens with zero attached hydrogens (tertiary/aromatic N) is 3. The lowest BCUT2D eigenvalue weighted by Crippen LogP contribution is -2.47. The smallest absolute Gasteiger partial charge is 0.391 e. The van der Waals surface area contributed by atoms with Crippen LogP contribution < -0.4 is 5.32 Å². The van der Waals surface area contributed by atoms with Crippen molar-refractivity contribution in [1.82, 2.24) is 20.1 Å². The second-order valence-corrected chi connectivity index (χ2v) is 14.8. The summed E-state index contributed by atoms with van der Waals surface area (Å²) in [7, 11) is 2.90. The van der Waals surface area contributed by atoms with Gasteiger partial charge in [0.15, 0.2) is 0 Å². The number of aliphatic hydroxyl groups excluding tert-OH is 1. The zero-order valence-electron chi connectivity index (χ0n) is 29.6. The molecule has 2 N–H and O–H groups in total.